The molecule has 1 heterocycles. The molecule has 0 unspecified atom stereocenters. The lowest BCUT2D eigenvalue weighted by Crippen LogP contribution is -2.02. The summed E-state index contributed by atoms with van der Waals surface area (Å²) in [5.41, 5.74) is 0.377. The Balaban J connectivity index is 3.33. The van der Waals surface area contributed by atoms with Crippen LogP contribution < -0.4 is 0 Å². The van der Waals surface area contributed by atoms with Crippen molar-refractivity contribution in [2.45, 2.75) is 26.7 Å². The van der Waals surface area contributed by atoms with E-state index in [1.54, 1.807) is 13.8 Å². The van der Waals surface area contributed by atoms with Gasteiger partial charge in [0.1, 0.15) is 5.82 Å². The second kappa shape index (κ2) is 3.17. The van der Waals surface area contributed by atoms with Gasteiger partial charge in [0.05, 0.1) is 11.9 Å². The van der Waals surface area contributed by atoms with Crippen LogP contribution in [-0.4, -0.2) is 4.98 Å². The summed E-state index contributed by atoms with van der Waals surface area (Å²) in [5, 5.41) is 0. The van der Waals surface area contributed by atoms with Crippen LogP contribution in [0.1, 0.15) is 31.0 Å². The highest BCUT2D eigenvalue weighted by molar-refractivity contribution is 5.23. The summed E-state index contributed by atoms with van der Waals surface area (Å²) in [6.45, 7) is 5.03. The Morgan fingerprint density at radius 2 is 1.92 bits per heavy atom. The van der Waals surface area contributed by atoms with Crippen LogP contribution in [0.15, 0.2) is 6.20 Å². The minimum absolute atomic E-state index is 0.127. The molecule has 1 aromatic heterocycles. The Kier molecular flexibility index (Phi) is 2.40. The molecule has 1 aromatic rings. The number of aryl methyl sites for hydroxylation is 1. The van der Waals surface area contributed by atoms with Gasteiger partial charge in [-0.05, 0) is 12.8 Å². The molecule has 12 heavy (non-hydrogen) atoms. The van der Waals surface area contributed by atoms with Crippen LogP contribution in [0.25, 0.3) is 0 Å². The molecular weight excluding hydrogens is 160 g/mol. The molecule has 0 bridgehead atoms. The van der Waals surface area contributed by atoms with E-state index in [-0.39, 0.29) is 17.2 Å². The maximum Gasteiger partial charge on any atom is 0.150 e. The molecule has 1 nitrogen and oxygen atoms in total. The molecular formula is C9H11F2N. The fourth-order valence-corrected chi connectivity index (χ4v) is 1.11. The van der Waals surface area contributed by atoms with Crippen molar-refractivity contribution in [1.29, 1.82) is 0 Å². The third-order valence-electron chi connectivity index (χ3n) is 1.76. The van der Waals surface area contributed by atoms with Crippen LogP contribution in [0.5, 0.6) is 0 Å². The first kappa shape index (κ1) is 9.10. The average Bonchev–Trinajstić information content (AvgIpc) is 1.97. The van der Waals surface area contributed by atoms with Gasteiger partial charge < -0.3 is 0 Å². The first-order valence-electron chi connectivity index (χ1n) is 3.84. The number of hydrogen-bond acceptors (Lipinski definition) is 1. The van der Waals surface area contributed by atoms with Crippen molar-refractivity contribution in [2.24, 2.45) is 0 Å². The highest BCUT2D eigenvalue weighted by Crippen LogP contribution is 2.22. The van der Waals surface area contributed by atoms with Crippen LogP contribution in [0.2, 0.25) is 0 Å². The van der Waals surface area contributed by atoms with Crippen molar-refractivity contribution in [1.82, 2.24) is 4.98 Å². The molecule has 0 radical (unpaired) electrons. The van der Waals surface area contributed by atoms with E-state index in [0.717, 1.165) is 6.20 Å². The standard InChI is InChI=1S/C9H11F2N/c1-5(2)8-7(10)4-12-6(3)9(8)11/h4-5H,1-3H3. The lowest BCUT2D eigenvalue weighted by atomic mass is 10.0. The highest BCUT2D eigenvalue weighted by atomic mass is 19.1. The number of hydrogen-bond donors (Lipinski definition) is 0. The summed E-state index contributed by atoms with van der Waals surface area (Å²) >= 11 is 0. The molecule has 0 amide bonds. The van der Waals surface area contributed by atoms with Crippen molar-refractivity contribution in [3.8, 4) is 0 Å². The zero-order chi connectivity index (χ0) is 9.30. The van der Waals surface area contributed by atoms with Crippen LogP contribution in [0, 0.1) is 18.6 Å². The Morgan fingerprint density at radius 1 is 1.33 bits per heavy atom. The zero-order valence-corrected chi connectivity index (χ0v) is 7.36. The van der Waals surface area contributed by atoms with Gasteiger partial charge in [-0.15, -0.1) is 0 Å². The van der Waals surface area contributed by atoms with Crippen LogP contribution in [-0.2, 0) is 0 Å². The maximum absolute atomic E-state index is 13.2. The second-order valence-electron chi connectivity index (χ2n) is 3.07. The summed E-state index contributed by atoms with van der Waals surface area (Å²) < 4.78 is 26.2. The van der Waals surface area contributed by atoms with Gasteiger partial charge >= 0.3 is 0 Å². The van der Waals surface area contributed by atoms with Gasteiger partial charge in [0.25, 0.3) is 0 Å². The van der Waals surface area contributed by atoms with Gasteiger partial charge in [-0.3, -0.25) is 4.98 Å². The lowest BCUT2D eigenvalue weighted by molar-refractivity contribution is 0.525. The fraction of sp³-hybridized carbons (Fsp3) is 0.444. The summed E-state index contributed by atoms with van der Waals surface area (Å²) in [6, 6.07) is 0. The molecule has 3 heteroatoms. The third kappa shape index (κ3) is 1.44. The monoisotopic (exact) mass is 171 g/mol. The first-order valence-corrected chi connectivity index (χ1v) is 3.84. The molecule has 0 aliphatic heterocycles. The minimum atomic E-state index is -0.562. The summed E-state index contributed by atoms with van der Waals surface area (Å²) in [6.07, 6.45) is 1.06. The third-order valence-corrected chi connectivity index (χ3v) is 1.76. The number of pyridine rings is 1. The predicted molar refractivity (Wildman–Crippen MR) is 43.0 cm³/mol. The topological polar surface area (TPSA) is 12.9 Å². The van der Waals surface area contributed by atoms with Gasteiger partial charge in [-0.2, -0.15) is 0 Å². The van der Waals surface area contributed by atoms with E-state index in [2.05, 4.69) is 4.98 Å². The van der Waals surface area contributed by atoms with E-state index in [4.69, 9.17) is 0 Å². The summed E-state index contributed by atoms with van der Waals surface area (Å²) in [7, 11) is 0. The number of rotatable bonds is 1. The molecule has 66 valence electrons. The van der Waals surface area contributed by atoms with Gasteiger partial charge in [-0.25, -0.2) is 8.78 Å². The predicted octanol–water partition coefficient (Wildman–Crippen LogP) is 2.79. The minimum Gasteiger partial charge on any atom is -0.255 e. The molecule has 1 rings (SSSR count). The number of nitrogens with zero attached hydrogens (tertiary/aromatic N) is 1. The van der Waals surface area contributed by atoms with Gasteiger partial charge in [-0.1, -0.05) is 13.8 Å². The average molecular weight is 171 g/mol. The van der Waals surface area contributed by atoms with Crippen LogP contribution in [0.4, 0.5) is 8.78 Å². The number of aromatic nitrogens is 1. The van der Waals surface area contributed by atoms with E-state index >= 15 is 0 Å². The molecule has 0 N–H and O–H groups in total. The first-order chi connectivity index (χ1) is 5.54. The van der Waals surface area contributed by atoms with Crippen molar-refractivity contribution in [2.75, 3.05) is 0 Å². The van der Waals surface area contributed by atoms with Crippen LogP contribution >= 0.6 is 0 Å². The summed E-state index contributed by atoms with van der Waals surface area (Å²) in [5.74, 6) is -1.23. The molecule has 0 spiro atoms. The second-order valence-corrected chi connectivity index (χ2v) is 3.07. The van der Waals surface area contributed by atoms with Crippen molar-refractivity contribution in [3.05, 3.63) is 29.1 Å². The Morgan fingerprint density at radius 3 is 2.33 bits per heavy atom. The lowest BCUT2D eigenvalue weighted by Gasteiger charge is -2.08. The quantitative estimate of drug-likeness (QED) is 0.633. The van der Waals surface area contributed by atoms with E-state index in [1.165, 1.54) is 6.92 Å². The Hall–Kier alpha value is -0.990. The van der Waals surface area contributed by atoms with Gasteiger partial charge in [0.2, 0.25) is 0 Å². The molecule has 0 aliphatic rings. The molecule has 0 saturated carbocycles. The summed E-state index contributed by atoms with van der Waals surface area (Å²) in [4.78, 5) is 3.57. The van der Waals surface area contributed by atoms with Crippen molar-refractivity contribution in [3.63, 3.8) is 0 Å². The van der Waals surface area contributed by atoms with E-state index in [1.807, 2.05) is 0 Å². The smallest absolute Gasteiger partial charge is 0.150 e. The SMILES string of the molecule is Cc1ncc(F)c(C(C)C)c1F. The molecule has 0 fully saturated rings. The van der Waals surface area contributed by atoms with Gasteiger partial charge in [0, 0.05) is 5.56 Å². The van der Waals surface area contributed by atoms with Crippen molar-refractivity contribution >= 4 is 0 Å². The van der Waals surface area contributed by atoms with Crippen LogP contribution in [0.3, 0.4) is 0 Å². The molecule has 0 aliphatic carbocycles. The Labute approximate surface area is 70.4 Å². The zero-order valence-electron chi connectivity index (χ0n) is 7.36. The molecule has 0 atom stereocenters. The number of halogens is 2. The van der Waals surface area contributed by atoms with E-state index in [0.29, 0.717) is 0 Å². The van der Waals surface area contributed by atoms with E-state index in [9.17, 15) is 8.78 Å². The molecule has 0 aromatic carbocycles. The van der Waals surface area contributed by atoms with E-state index < -0.39 is 11.6 Å². The maximum atomic E-state index is 13.2. The fourth-order valence-electron chi connectivity index (χ4n) is 1.11. The van der Waals surface area contributed by atoms with Crippen molar-refractivity contribution < 1.29 is 8.78 Å². The Bertz CT molecular complexity index is 295. The normalized spacial score (nSPS) is 10.8. The molecule has 0 saturated heterocycles. The highest BCUT2D eigenvalue weighted by Gasteiger charge is 2.14. The van der Waals surface area contributed by atoms with Gasteiger partial charge in [0.15, 0.2) is 5.82 Å². The largest absolute Gasteiger partial charge is 0.255 e.